The normalized spacial score (nSPS) is 10.5. The standard InChI is InChI=1S/C16H11ClFN3O/c17-15-9-11(18)5-6-14(15)16(22)20-12-3-1-4-13(10-12)21-8-2-7-19-21/h1-10H,(H,20,22). The molecule has 0 saturated carbocycles. The zero-order chi connectivity index (χ0) is 15.5. The number of rotatable bonds is 3. The molecule has 22 heavy (non-hydrogen) atoms. The lowest BCUT2D eigenvalue weighted by molar-refractivity contribution is 0.102. The van der Waals surface area contributed by atoms with Gasteiger partial charge in [-0.3, -0.25) is 4.79 Å². The Morgan fingerprint density at radius 3 is 2.77 bits per heavy atom. The third-order valence-corrected chi connectivity index (χ3v) is 3.36. The molecule has 4 nitrogen and oxygen atoms in total. The average Bonchev–Trinajstić information content (AvgIpc) is 3.01. The number of hydrogen-bond acceptors (Lipinski definition) is 2. The molecule has 0 aliphatic rings. The number of amides is 1. The minimum Gasteiger partial charge on any atom is -0.322 e. The van der Waals surface area contributed by atoms with Crippen LogP contribution in [0.25, 0.3) is 5.69 Å². The minimum atomic E-state index is -0.484. The van der Waals surface area contributed by atoms with Gasteiger partial charge in [-0.15, -0.1) is 0 Å². The number of nitrogens with one attached hydrogen (secondary N) is 1. The fraction of sp³-hybridized carbons (Fsp3) is 0. The van der Waals surface area contributed by atoms with Crippen LogP contribution in [-0.2, 0) is 0 Å². The molecule has 0 aliphatic heterocycles. The molecule has 1 N–H and O–H groups in total. The zero-order valence-corrected chi connectivity index (χ0v) is 12.1. The first kappa shape index (κ1) is 14.3. The van der Waals surface area contributed by atoms with Crippen molar-refractivity contribution in [1.29, 1.82) is 0 Å². The summed E-state index contributed by atoms with van der Waals surface area (Å²) in [4.78, 5) is 12.2. The predicted octanol–water partition coefficient (Wildman–Crippen LogP) is 3.92. The number of anilines is 1. The van der Waals surface area contributed by atoms with Gasteiger partial charge in [-0.2, -0.15) is 5.10 Å². The number of halogens is 2. The maximum atomic E-state index is 13.0. The van der Waals surface area contributed by atoms with E-state index in [0.717, 1.165) is 11.8 Å². The van der Waals surface area contributed by atoms with Crippen LogP contribution >= 0.6 is 11.6 Å². The smallest absolute Gasteiger partial charge is 0.257 e. The largest absolute Gasteiger partial charge is 0.322 e. The number of aromatic nitrogens is 2. The van der Waals surface area contributed by atoms with Crippen molar-refractivity contribution in [3.05, 3.63) is 77.3 Å². The lowest BCUT2D eigenvalue weighted by Gasteiger charge is -2.08. The van der Waals surface area contributed by atoms with E-state index in [9.17, 15) is 9.18 Å². The highest BCUT2D eigenvalue weighted by Crippen LogP contribution is 2.20. The minimum absolute atomic E-state index is 0.0701. The molecule has 0 bridgehead atoms. The molecule has 6 heteroatoms. The van der Waals surface area contributed by atoms with E-state index in [1.54, 1.807) is 35.3 Å². The summed E-state index contributed by atoms with van der Waals surface area (Å²) in [6, 6.07) is 12.7. The molecule has 0 radical (unpaired) electrons. The SMILES string of the molecule is O=C(Nc1cccc(-n2cccn2)c1)c1ccc(F)cc1Cl. The predicted molar refractivity (Wildman–Crippen MR) is 82.9 cm³/mol. The summed E-state index contributed by atoms with van der Waals surface area (Å²) in [6.45, 7) is 0. The van der Waals surface area contributed by atoms with Crippen molar-refractivity contribution in [3.8, 4) is 5.69 Å². The van der Waals surface area contributed by atoms with Gasteiger partial charge in [-0.25, -0.2) is 9.07 Å². The van der Waals surface area contributed by atoms with E-state index in [2.05, 4.69) is 10.4 Å². The molecule has 0 fully saturated rings. The lowest BCUT2D eigenvalue weighted by atomic mass is 10.2. The van der Waals surface area contributed by atoms with Crippen LogP contribution in [0, 0.1) is 5.82 Å². The van der Waals surface area contributed by atoms with Crippen LogP contribution < -0.4 is 5.32 Å². The Bertz CT molecular complexity index is 818. The van der Waals surface area contributed by atoms with Crippen LogP contribution in [0.4, 0.5) is 10.1 Å². The van der Waals surface area contributed by atoms with E-state index in [1.165, 1.54) is 12.1 Å². The third-order valence-electron chi connectivity index (χ3n) is 3.05. The Morgan fingerprint density at radius 1 is 1.18 bits per heavy atom. The number of carbonyl (C=O) groups excluding carboxylic acids is 1. The maximum absolute atomic E-state index is 13.0. The summed E-state index contributed by atoms with van der Waals surface area (Å²) in [5, 5.41) is 6.93. The molecule has 0 unspecified atom stereocenters. The van der Waals surface area contributed by atoms with Gasteiger partial charge in [0, 0.05) is 18.1 Å². The Morgan fingerprint density at radius 2 is 2.05 bits per heavy atom. The van der Waals surface area contributed by atoms with E-state index >= 15 is 0 Å². The van der Waals surface area contributed by atoms with Crippen molar-refractivity contribution in [2.75, 3.05) is 5.32 Å². The molecular weight excluding hydrogens is 305 g/mol. The first-order chi connectivity index (χ1) is 10.6. The summed E-state index contributed by atoms with van der Waals surface area (Å²) < 4.78 is 14.7. The molecule has 1 aromatic heterocycles. The Hall–Kier alpha value is -2.66. The molecule has 110 valence electrons. The summed E-state index contributed by atoms with van der Waals surface area (Å²) in [5.74, 6) is -0.884. The Kier molecular flexibility index (Phi) is 3.89. The molecule has 2 aromatic carbocycles. The van der Waals surface area contributed by atoms with Crippen LogP contribution in [0.1, 0.15) is 10.4 Å². The van der Waals surface area contributed by atoms with Gasteiger partial charge in [0.25, 0.3) is 5.91 Å². The first-order valence-electron chi connectivity index (χ1n) is 6.50. The third kappa shape index (κ3) is 2.99. The van der Waals surface area contributed by atoms with E-state index < -0.39 is 11.7 Å². The fourth-order valence-electron chi connectivity index (χ4n) is 2.02. The molecule has 3 aromatic rings. The zero-order valence-electron chi connectivity index (χ0n) is 11.3. The number of benzene rings is 2. The maximum Gasteiger partial charge on any atom is 0.257 e. The van der Waals surface area contributed by atoms with Crippen molar-refractivity contribution >= 4 is 23.2 Å². The van der Waals surface area contributed by atoms with Crippen LogP contribution in [-0.4, -0.2) is 15.7 Å². The molecule has 3 rings (SSSR count). The van der Waals surface area contributed by atoms with Crippen molar-refractivity contribution < 1.29 is 9.18 Å². The second kappa shape index (κ2) is 5.99. The van der Waals surface area contributed by atoms with Gasteiger partial charge in [-0.1, -0.05) is 17.7 Å². The Labute approximate surface area is 131 Å². The highest BCUT2D eigenvalue weighted by Gasteiger charge is 2.11. The van der Waals surface area contributed by atoms with Gasteiger partial charge >= 0.3 is 0 Å². The quantitative estimate of drug-likeness (QED) is 0.796. The van der Waals surface area contributed by atoms with Gasteiger partial charge in [0.1, 0.15) is 5.82 Å². The van der Waals surface area contributed by atoms with Crippen LogP contribution in [0.2, 0.25) is 5.02 Å². The van der Waals surface area contributed by atoms with E-state index in [0.29, 0.717) is 5.69 Å². The van der Waals surface area contributed by atoms with Crippen LogP contribution in [0.3, 0.4) is 0 Å². The van der Waals surface area contributed by atoms with E-state index in [1.807, 2.05) is 12.1 Å². The molecule has 0 aliphatic carbocycles. The van der Waals surface area contributed by atoms with E-state index in [4.69, 9.17) is 11.6 Å². The number of nitrogens with zero attached hydrogens (tertiary/aromatic N) is 2. The van der Waals surface area contributed by atoms with Gasteiger partial charge in [-0.05, 0) is 42.5 Å². The van der Waals surface area contributed by atoms with Crippen molar-refractivity contribution in [2.24, 2.45) is 0 Å². The van der Waals surface area contributed by atoms with Gasteiger partial charge in [0.05, 0.1) is 16.3 Å². The summed E-state index contributed by atoms with van der Waals surface area (Å²) in [7, 11) is 0. The monoisotopic (exact) mass is 315 g/mol. The molecule has 1 amide bonds. The molecule has 0 atom stereocenters. The Balaban J connectivity index is 1.84. The second-order valence-electron chi connectivity index (χ2n) is 4.58. The summed E-state index contributed by atoms with van der Waals surface area (Å²) in [5.41, 5.74) is 1.62. The van der Waals surface area contributed by atoms with Gasteiger partial charge in [0.2, 0.25) is 0 Å². The highest BCUT2D eigenvalue weighted by atomic mass is 35.5. The lowest BCUT2D eigenvalue weighted by Crippen LogP contribution is -2.12. The fourth-order valence-corrected chi connectivity index (χ4v) is 2.27. The van der Waals surface area contributed by atoms with Crippen molar-refractivity contribution in [2.45, 2.75) is 0 Å². The molecular formula is C16H11ClFN3O. The van der Waals surface area contributed by atoms with Crippen LogP contribution in [0.15, 0.2) is 60.9 Å². The number of carbonyl (C=O) groups is 1. The second-order valence-corrected chi connectivity index (χ2v) is 4.99. The molecule has 0 spiro atoms. The summed E-state index contributed by atoms with van der Waals surface area (Å²) >= 11 is 5.89. The average molecular weight is 316 g/mol. The van der Waals surface area contributed by atoms with E-state index in [-0.39, 0.29) is 10.6 Å². The molecule has 1 heterocycles. The topological polar surface area (TPSA) is 46.9 Å². The highest BCUT2D eigenvalue weighted by molar-refractivity contribution is 6.34. The van der Waals surface area contributed by atoms with Gasteiger partial charge in [0.15, 0.2) is 0 Å². The van der Waals surface area contributed by atoms with Crippen LogP contribution in [0.5, 0.6) is 0 Å². The number of hydrogen-bond donors (Lipinski definition) is 1. The van der Waals surface area contributed by atoms with Gasteiger partial charge < -0.3 is 5.32 Å². The molecule has 0 saturated heterocycles. The first-order valence-corrected chi connectivity index (χ1v) is 6.88. The summed E-state index contributed by atoms with van der Waals surface area (Å²) in [6.07, 6.45) is 3.47. The van der Waals surface area contributed by atoms with Crippen molar-refractivity contribution in [3.63, 3.8) is 0 Å². The van der Waals surface area contributed by atoms with Crippen molar-refractivity contribution in [1.82, 2.24) is 9.78 Å².